The number of guanidine groups is 1. The number of likely N-dealkylation sites (tertiary alicyclic amines) is 1. The molecule has 1 heterocycles. The van der Waals surface area contributed by atoms with E-state index in [1.165, 1.54) is 17.5 Å². The van der Waals surface area contributed by atoms with Gasteiger partial charge in [0, 0.05) is 39.2 Å². The van der Waals surface area contributed by atoms with Crippen LogP contribution in [0.15, 0.2) is 29.3 Å². The van der Waals surface area contributed by atoms with Gasteiger partial charge in [0.2, 0.25) is 0 Å². The highest BCUT2D eigenvalue weighted by Crippen LogP contribution is 2.22. The summed E-state index contributed by atoms with van der Waals surface area (Å²) in [6.07, 6.45) is 1.18. The zero-order chi connectivity index (χ0) is 17.6. The summed E-state index contributed by atoms with van der Waals surface area (Å²) in [5.74, 6) is 1.61. The monoisotopic (exact) mass is 331 g/mol. The molecule has 1 unspecified atom stereocenters. The first kappa shape index (κ1) is 18.8. The number of rotatable bonds is 5. The summed E-state index contributed by atoms with van der Waals surface area (Å²) in [7, 11) is 1.86. The van der Waals surface area contributed by atoms with Gasteiger partial charge in [0.1, 0.15) is 0 Å². The lowest BCUT2D eigenvalue weighted by Crippen LogP contribution is -2.39. The number of nitrogens with one attached hydrogen (secondary N) is 1. The van der Waals surface area contributed by atoms with E-state index in [-0.39, 0.29) is 5.41 Å². The molecule has 1 N–H and O–H groups in total. The second-order valence-corrected chi connectivity index (χ2v) is 7.61. The van der Waals surface area contributed by atoms with Crippen LogP contribution in [0.3, 0.4) is 0 Å². The normalized spacial score (nSPS) is 19.0. The van der Waals surface area contributed by atoms with Crippen molar-refractivity contribution in [3.8, 4) is 0 Å². The highest BCUT2D eigenvalue weighted by molar-refractivity contribution is 5.80. The third-order valence-corrected chi connectivity index (χ3v) is 4.63. The lowest BCUT2D eigenvalue weighted by Gasteiger charge is -2.22. The van der Waals surface area contributed by atoms with Crippen molar-refractivity contribution in [3.63, 3.8) is 0 Å². The van der Waals surface area contributed by atoms with Gasteiger partial charge in [0.05, 0.1) is 6.61 Å². The summed E-state index contributed by atoms with van der Waals surface area (Å²) < 4.78 is 5.56. The van der Waals surface area contributed by atoms with Crippen molar-refractivity contribution in [2.75, 3.05) is 33.4 Å². The van der Waals surface area contributed by atoms with Gasteiger partial charge in [-0.1, -0.05) is 45.0 Å². The smallest absolute Gasteiger partial charge is 0.193 e. The molecule has 1 aliphatic heterocycles. The van der Waals surface area contributed by atoms with E-state index in [0.29, 0.717) is 5.92 Å². The molecule has 1 aliphatic rings. The SMILES string of the molecule is CCOCC1CCN(C(=NC)NCc2ccc(C(C)(C)C)cc2)C1. The first-order valence-corrected chi connectivity index (χ1v) is 9.06. The largest absolute Gasteiger partial charge is 0.381 e. The summed E-state index contributed by atoms with van der Waals surface area (Å²) >= 11 is 0. The van der Waals surface area contributed by atoms with Crippen LogP contribution in [0.25, 0.3) is 0 Å². The molecule has 0 radical (unpaired) electrons. The highest BCUT2D eigenvalue weighted by atomic mass is 16.5. The maximum Gasteiger partial charge on any atom is 0.193 e. The summed E-state index contributed by atoms with van der Waals surface area (Å²) in [4.78, 5) is 6.79. The Labute approximate surface area is 147 Å². The molecule has 0 saturated carbocycles. The number of benzene rings is 1. The fourth-order valence-electron chi connectivity index (χ4n) is 3.08. The maximum atomic E-state index is 5.56. The van der Waals surface area contributed by atoms with Crippen molar-refractivity contribution in [3.05, 3.63) is 35.4 Å². The number of hydrogen-bond acceptors (Lipinski definition) is 2. The summed E-state index contributed by atoms with van der Waals surface area (Å²) in [6, 6.07) is 8.88. The van der Waals surface area contributed by atoms with Crippen LogP contribution < -0.4 is 5.32 Å². The Kier molecular flexibility index (Phi) is 6.67. The molecule has 2 rings (SSSR count). The van der Waals surface area contributed by atoms with Gasteiger partial charge in [-0.25, -0.2) is 0 Å². The molecule has 134 valence electrons. The molecule has 4 heteroatoms. The van der Waals surface area contributed by atoms with Crippen molar-refractivity contribution in [2.45, 2.75) is 46.1 Å². The van der Waals surface area contributed by atoms with Gasteiger partial charge in [-0.3, -0.25) is 4.99 Å². The van der Waals surface area contributed by atoms with Crippen LogP contribution in [0.4, 0.5) is 0 Å². The van der Waals surface area contributed by atoms with Crippen molar-refractivity contribution in [1.82, 2.24) is 10.2 Å². The minimum Gasteiger partial charge on any atom is -0.381 e. The van der Waals surface area contributed by atoms with Crippen LogP contribution in [-0.2, 0) is 16.7 Å². The Bertz CT molecular complexity index is 531. The molecule has 4 nitrogen and oxygen atoms in total. The number of ether oxygens (including phenoxy) is 1. The van der Waals surface area contributed by atoms with Gasteiger partial charge in [-0.05, 0) is 29.9 Å². The van der Waals surface area contributed by atoms with Crippen LogP contribution in [0.2, 0.25) is 0 Å². The first-order valence-electron chi connectivity index (χ1n) is 9.06. The molecule has 0 aromatic heterocycles. The molecular weight excluding hydrogens is 298 g/mol. The van der Waals surface area contributed by atoms with Crippen molar-refractivity contribution < 1.29 is 4.74 Å². The van der Waals surface area contributed by atoms with E-state index < -0.39 is 0 Å². The van der Waals surface area contributed by atoms with Crippen LogP contribution in [-0.4, -0.2) is 44.2 Å². The minimum absolute atomic E-state index is 0.202. The molecule has 1 aromatic carbocycles. The average molecular weight is 332 g/mol. The topological polar surface area (TPSA) is 36.9 Å². The van der Waals surface area contributed by atoms with Crippen LogP contribution in [0.5, 0.6) is 0 Å². The molecule has 1 fully saturated rings. The fraction of sp³-hybridized carbons (Fsp3) is 0.650. The highest BCUT2D eigenvalue weighted by Gasteiger charge is 2.24. The third-order valence-electron chi connectivity index (χ3n) is 4.63. The fourth-order valence-corrected chi connectivity index (χ4v) is 3.08. The first-order chi connectivity index (χ1) is 11.4. The van der Waals surface area contributed by atoms with Crippen molar-refractivity contribution >= 4 is 5.96 Å². The van der Waals surface area contributed by atoms with Gasteiger partial charge in [-0.15, -0.1) is 0 Å². The van der Waals surface area contributed by atoms with E-state index >= 15 is 0 Å². The van der Waals surface area contributed by atoms with E-state index in [0.717, 1.165) is 38.8 Å². The van der Waals surface area contributed by atoms with Gasteiger partial charge in [-0.2, -0.15) is 0 Å². The quantitative estimate of drug-likeness (QED) is 0.663. The minimum atomic E-state index is 0.202. The zero-order valence-electron chi connectivity index (χ0n) is 15.9. The third kappa shape index (κ3) is 5.23. The molecule has 0 amide bonds. The lowest BCUT2D eigenvalue weighted by molar-refractivity contribution is 0.114. The van der Waals surface area contributed by atoms with Gasteiger partial charge in [0.15, 0.2) is 5.96 Å². The molecule has 0 bridgehead atoms. The summed E-state index contributed by atoms with van der Waals surface area (Å²) in [5, 5.41) is 3.50. The van der Waals surface area contributed by atoms with Crippen molar-refractivity contribution in [2.24, 2.45) is 10.9 Å². The van der Waals surface area contributed by atoms with E-state index in [4.69, 9.17) is 4.74 Å². The predicted octanol–water partition coefficient (Wildman–Crippen LogP) is 3.42. The van der Waals surface area contributed by atoms with Crippen molar-refractivity contribution in [1.29, 1.82) is 0 Å². The molecule has 0 aliphatic carbocycles. The lowest BCUT2D eigenvalue weighted by atomic mass is 9.87. The van der Waals surface area contributed by atoms with E-state index in [9.17, 15) is 0 Å². The Balaban J connectivity index is 1.86. The molecule has 1 aromatic rings. The molecule has 1 atom stereocenters. The molecule has 24 heavy (non-hydrogen) atoms. The molecular formula is C20H33N3O. The Morgan fingerprint density at radius 3 is 2.58 bits per heavy atom. The van der Waals surface area contributed by atoms with Gasteiger partial charge >= 0.3 is 0 Å². The van der Waals surface area contributed by atoms with Crippen LogP contribution in [0, 0.1) is 5.92 Å². The Morgan fingerprint density at radius 2 is 2.00 bits per heavy atom. The van der Waals surface area contributed by atoms with E-state index in [2.05, 4.69) is 67.2 Å². The average Bonchev–Trinajstić information content (AvgIpc) is 3.02. The molecule has 0 spiro atoms. The van der Waals surface area contributed by atoms with Gasteiger partial charge < -0.3 is 15.0 Å². The maximum absolute atomic E-state index is 5.56. The van der Waals surface area contributed by atoms with Gasteiger partial charge in [0.25, 0.3) is 0 Å². The predicted molar refractivity (Wildman–Crippen MR) is 102 cm³/mol. The van der Waals surface area contributed by atoms with Crippen LogP contribution in [0.1, 0.15) is 45.2 Å². The molecule has 1 saturated heterocycles. The van der Waals surface area contributed by atoms with E-state index in [1.807, 2.05) is 7.05 Å². The second-order valence-electron chi connectivity index (χ2n) is 7.61. The summed E-state index contributed by atoms with van der Waals surface area (Å²) in [5.41, 5.74) is 2.86. The zero-order valence-corrected chi connectivity index (χ0v) is 15.9. The number of nitrogens with zero attached hydrogens (tertiary/aromatic N) is 2. The Morgan fingerprint density at radius 1 is 1.29 bits per heavy atom. The standard InChI is InChI=1S/C20H33N3O/c1-6-24-15-17-11-12-23(14-17)19(21-5)22-13-16-7-9-18(10-8-16)20(2,3)4/h7-10,17H,6,11-15H2,1-5H3,(H,21,22). The Hall–Kier alpha value is -1.55. The van der Waals surface area contributed by atoms with E-state index in [1.54, 1.807) is 0 Å². The summed E-state index contributed by atoms with van der Waals surface area (Å²) in [6.45, 7) is 13.3. The van der Waals surface area contributed by atoms with Crippen LogP contribution >= 0.6 is 0 Å². The number of aliphatic imine (C=N–C) groups is 1. The second kappa shape index (κ2) is 8.52. The number of hydrogen-bond donors (Lipinski definition) is 1.